The van der Waals surface area contributed by atoms with Crippen molar-refractivity contribution in [3.05, 3.63) is 35.2 Å². The van der Waals surface area contributed by atoms with E-state index in [1.165, 1.54) is 0 Å². The fraction of sp³-hybridized carbons (Fsp3) is 0.286. The summed E-state index contributed by atoms with van der Waals surface area (Å²) in [4.78, 5) is 12.2. The smallest absolute Gasteiger partial charge is 0.278 e. The standard InChI is InChI=1S/C14H18N4O2/c1-4-9-12(15)13(18-17-9)14(19)16-10-6-5-8(2)7-11(10)20-3/h5-7H,4,15H2,1-3H3,(H,16,19)(H,17,18). The van der Waals surface area contributed by atoms with E-state index in [4.69, 9.17) is 10.5 Å². The number of nitrogens with two attached hydrogens (primary N) is 1. The normalized spacial score (nSPS) is 10.3. The summed E-state index contributed by atoms with van der Waals surface area (Å²) in [7, 11) is 1.56. The van der Waals surface area contributed by atoms with Gasteiger partial charge in [0.15, 0.2) is 5.69 Å². The molecule has 6 heteroatoms. The topological polar surface area (TPSA) is 93.0 Å². The zero-order valence-electron chi connectivity index (χ0n) is 11.8. The molecule has 2 aromatic rings. The minimum atomic E-state index is -0.361. The van der Waals surface area contributed by atoms with Gasteiger partial charge < -0.3 is 15.8 Å². The second kappa shape index (κ2) is 5.64. The van der Waals surface area contributed by atoms with Gasteiger partial charge in [-0.1, -0.05) is 13.0 Å². The molecule has 106 valence electrons. The van der Waals surface area contributed by atoms with Crippen LogP contribution >= 0.6 is 0 Å². The van der Waals surface area contributed by atoms with E-state index < -0.39 is 0 Å². The zero-order chi connectivity index (χ0) is 14.7. The number of hydrogen-bond acceptors (Lipinski definition) is 4. The van der Waals surface area contributed by atoms with Crippen LogP contribution in [0.2, 0.25) is 0 Å². The Kier molecular flexibility index (Phi) is 3.93. The molecule has 0 saturated heterocycles. The summed E-state index contributed by atoms with van der Waals surface area (Å²) in [6, 6.07) is 5.53. The SMILES string of the molecule is CCc1[nH]nc(C(=O)Nc2ccc(C)cc2OC)c1N. The summed E-state index contributed by atoms with van der Waals surface area (Å²) in [6.45, 7) is 3.89. The number of anilines is 2. The number of carbonyl (C=O) groups is 1. The lowest BCUT2D eigenvalue weighted by Crippen LogP contribution is -2.15. The Balaban J connectivity index is 2.25. The van der Waals surface area contributed by atoms with Crippen LogP contribution in [0.5, 0.6) is 5.75 Å². The molecule has 0 unspecified atom stereocenters. The zero-order valence-corrected chi connectivity index (χ0v) is 11.8. The number of methoxy groups -OCH3 is 1. The number of hydrogen-bond donors (Lipinski definition) is 3. The number of aryl methyl sites for hydroxylation is 2. The molecule has 0 saturated carbocycles. The molecule has 0 bridgehead atoms. The molecule has 0 atom stereocenters. The average Bonchev–Trinajstić information content (AvgIpc) is 2.81. The summed E-state index contributed by atoms with van der Waals surface area (Å²) in [6.07, 6.45) is 0.694. The van der Waals surface area contributed by atoms with Gasteiger partial charge in [-0.05, 0) is 31.0 Å². The van der Waals surface area contributed by atoms with E-state index in [2.05, 4.69) is 15.5 Å². The summed E-state index contributed by atoms with van der Waals surface area (Å²) < 4.78 is 5.25. The second-order valence-corrected chi connectivity index (χ2v) is 4.48. The summed E-state index contributed by atoms with van der Waals surface area (Å²) >= 11 is 0. The molecule has 1 aromatic heterocycles. The van der Waals surface area contributed by atoms with Crippen LogP contribution in [0.3, 0.4) is 0 Å². The summed E-state index contributed by atoms with van der Waals surface area (Å²) in [5.74, 6) is 0.240. The molecule has 1 heterocycles. The molecule has 0 fully saturated rings. The predicted octanol–water partition coefficient (Wildman–Crippen LogP) is 2.12. The van der Waals surface area contributed by atoms with Crippen molar-refractivity contribution in [2.24, 2.45) is 0 Å². The number of rotatable bonds is 4. The Morgan fingerprint density at radius 2 is 2.25 bits per heavy atom. The Morgan fingerprint density at radius 3 is 2.85 bits per heavy atom. The van der Waals surface area contributed by atoms with Crippen molar-refractivity contribution in [1.29, 1.82) is 0 Å². The highest BCUT2D eigenvalue weighted by atomic mass is 16.5. The van der Waals surface area contributed by atoms with Crippen LogP contribution in [0, 0.1) is 6.92 Å². The number of H-pyrrole nitrogens is 1. The van der Waals surface area contributed by atoms with Gasteiger partial charge in [0.25, 0.3) is 5.91 Å². The van der Waals surface area contributed by atoms with Crippen molar-refractivity contribution in [2.75, 3.05) is 18.2 Å². The molecule has 1 aromatic carbocycles. The lowest BCUT2D eigenvalue weighted by Gasteiger charge is -2.10. The lowest BCUT2D eigenvalue weighted by molar-refractivity contribution is 0.102. The Bertz CT molecular complexity index is 634. The van der Waals surface area contributed by atoms with Crippen molar-refractivity contribution < 1.29 is 9.53 Å². The third kappa shape index (κ3) is 2.59. The maximum atomic E-state index is 12.2. The molecule has 4 N–H and O–H groups in total. The van der Waals surface area contributed by atoms with Gasteiger partial charge in [0.1, 0.15) is 5.75 Å². The van der Waals surface area contributed by atoms with E-state index >= 15 is 0 Å². The Labute approximate surface area is 117 Å². The highest BCUT2D eigenvalue weighted by Gasteiger charge is 2.17. The van der Waals surface area contributed by atoms with Crippen LogP contribution in [-0.2, 0) is 6.42 Å². The third-order valence-corrected chi connectivity index (χ3v) is 3.06. The van der Waals surface area contributed by atoms with Crippen molar-refractivity contribution in [3.63, 3.8) is 0 Å². The van der Waals surface area contributed by atoms with Gasteiger partial charge in [0, 0.05) is 0 Å². The van der Waals surface area contributed by atoms with Gasteiger partial charge in [-0.2, -0.15) is 5.10 Å². The number of aromatic nitrogens is 2. The van der Waals surface area contributed by atoms with Gasteiger partial charge >= 0.3 is 0 Å². The molecular formula is C14H18N4O2. The molecule has 0 radical (unpaired) electrons. The van der Waals surface area contributed by atoms with Crippen molar-refractivity contribution in [3.8, 4) is 5.75 Å². The highest BCUT2D eigenvalue weighted by molar-refractivity contribution is 6.07. The minimum absolute atomic E-state index is 0.199. The number of carbonyl (C=O) groups excluding carboxylic acids is 1. The first-order chi connectivity index (χ1) is 9.56. The molecule has 1 amide bonds. The maximum Gasteiger partial charge on any atom is 0.278 e. The maximum absolute atomic E-state index is 12.2. The van der Waals surface area contributed by atoms with E-state index in [1.807, 2.05) is 26.0 Å². The largest absolute Gasteiger partial charge is 0.495 e. The second-order valence-electron chi connectivity index (χ2n) is 4.48. The monoisotopic (exact) mass is 274 g/mol. The van der Waals surface area contributed by atoms with Crippen molar-refractivity contribution in [2.45, 2.75) is 20.3 Å². The molecular weight excluding hydrogens is 256 g/mol. The molecule has 6 nitrogen and oxygen atoms in total. The first kappa shape index (κ1) is 13.9. The number of nitrogen functional groups attached to an aromatic ring is 1. The first-order valence-electron chi connectivity index (χ1n) is 6.35. The first-order valence-corrected chi connectivity index (χ1v) is 6.35. The quantitative estimate of drug-likeness (QED) is 0.796. The van der Waals surface area contributed by atoms with E-state index in [1.54, 1.807) is 13.2 Å². The van der Waals surface area contributed by atoms with E-state index in [9.17, 15) is 4.79 Å². The summed E-state index contributed by atoms with van der Waals surface area (Å²) in [5.41, 5.74) is 8.85. The van der Waals surface area contributed by atoms with Gasteiger partial charge in [-0.25, -0.2) is 0 Å². The van der Waals surface area contributed by atoms with Crippen LogP contribution in [0.15, 0.2) is 18.2 Å². The highest BCUT2D eigenvalue weighted by Crippen LogP contribution is 2.26. The third-order valence-electron chi connectivity index (χ3n) is 3.06. The Hall–Kier alpha value is -2.50. The van der Waals surface area contributed by atoms with Gasteiger partial charge in [-0.15, -0.1) is 0 Å². The lowest BCUT2D eigenvalue weighted by atomic mass is 10.2. The molecule has 0 aliphatic carbocycles. The van der Waals surface area contributed by atoms with Crippen LogP contribution in [0.1, 0.15) is 28.7 Å². The van der Waals surface area contributed by atoms with Crippen LogP contribution < -0.4 is 15.8 Å². The van der Waals surface area contributed by atoms with Gasteiger partial charge in [0.05, 0.1) is 24.2 Å². The van der Waals surface area contributed by atoms with Gasteiger partial charge in [-0.3, -0.25) is 9.89 Å². The number of nitrogens with zero attached hydrogens (tertiary/aromatic N) is 1. The van der Waals surface area contributed by atoms with Crippen molar-refractivity contribution >= 4 is 17.3 Å². The van der Waals surface area contributed by atoms with Crippen molar-refractivity contribution in [1.82, 2.24) is 10.2 Å². The van der Waals surface area contributed by atoms with Crippen LogP contribution in [0.25, 0.3) is 0 Å². The fourth-order valence-electron chi connectivity index (χ4n) is 1.91. The fourth-order valence-corrected chi connectivity index (χ4v) is 1.91. The Morgan fingerprint density at radius 1 is 1.50 bits per heavy atom. The number of nitrogens with one attached hydrogen (secondary N) is 2. The molecule has 0 aliphatic heterocycles. The van der Waals surface area contributed by atoms with E-state index in [0.717, 1.165) is 11.3 Å². The minimum Gasteiger partial charge on any atom is -0.495 e. The molecule has 2 rings (SSSR count). The molecule has 0 spiro atoms. The summed E-state index contributed by atoms with van der Waals surface area (Å²) in [5, 5.41) is 9.47. The van der Waals surface area contributed by atoms with Gasteiger partial charge in [0.2, 0.25) is 0 Å². The number of ether oxygens (including phenoxy) is 1. The van der Waals surface area contributed by atoms with Crippen LogP contribution in [0.4, 0.5) is 11.4 Å². The van der Waals surface area contributed by atoms with E-state index in [0.29, 0.717) is 23.5 Å². The number of aromatic amines is 1. The number of amides is 1. The molecule has 20 heavy (non-hydrogen) atoms. The predicted molar refractivity (Wildman–Crippen MR) is 78.1 cm³/mol. The van der Waals surface area contributed by atoms with Crippen LogP contribution in [-0.4, -0.2) is 23.2 Å². The number of benzene rings is 1. The van der Waals surface area contributed by atoms with E-state index in [-0.39, 0.29) is 11.6 Å². The molecule has 0 aliphatic rings. The average molecular weight is 274 g/mol.